The smallest absolute Gasteiger partial charge is 0.129 e. The number of likely N-dealkylation sites (N-methyl/N-ethyl adjacent to an activating group) is 1. The second-order valence-corrected chi connectivity index (χ2v) is 4.43. The van der Waals surface area contributed by atoms with E-state index in [-0.39, 0.29) is 12.6 Å². The predicted octanol–water partition coefficient (Wildman–Crippen LogP) is 2.00. The Balaban J connectivity index is 3.03. The highest BCUT2D eigenvalue weighted by molar-refractivity contribution is 5.43. The Labute approximate surface area is 110 Å². The lowest BCUT2D eigenvalue weighted by Crippen LogP contribution is -2.36. The number of ether oxygens (including phenoxy) is 1. The van der Waals surface area contributed by atoms with Gasteiger partial charge >= 0.3 is 0 Å². The number of aryl methyl sites for hydroxylation is 1. The lowest BCUT2D eigenvalue weighted by molar-refractivity contribution is 0.181. The van der Waals surface area contributed by atoms with Gasteiger partial charge in [0.2, 0.25) is 0 Å². The molecule has 102 valence electrons. The third-order valence-electron chi connectivity index (χ3n) is 3.04. The third-order valence-corrected chi connectivity index (χ3v) is 3.04. The summed E-state index contributed by atoms with van der Waals surface area (Å²) < 4.78 is 5.20. The lowest BCUT2D eigenvalue weighted by atomic mass is 10.2. The normalized spacial score (nSPS) is 12.5. The van der Waals surface area contributed by atoms with Gasteiger partial charge in [-0.2, -0.15) is 0 Å². The van der Waals surface area contributed by atoms with Gasteiger partial charge in [0.1, 0.15) is 5.82 Å². The minimum Gasteiger partial charge on any atom is -0.392 e. The molecule has 0 amide bonds. The van der Waals surface area contributed by atoms with Crippen LogP contribution in [0, 0.1) is 0 Å². The van der Waals surface area contributed by atoms with Crippen LogP contribution in [-0.4, -0.2) is 36.4 Å². The molecule has 1 rings (SSSR count). The lowest BCUT2D eigenvalue weighted by Gasteiger charge is -2.29. The molecule has 1 aromatic rings. The third kappa shape index (κ3) is 3.68. The van der Waals surface area contributed by atoms with Crippen LogP contribution in [0.3, 0.4) is 0 Å². The number of aromatic nitrogens is 1. The van der Waals surface area contributed by atoms with Gasteiger partial charge in [-0.3, -0.25) is 0 Å². The first-order valence-corrected chi connectivity index (χ1v) is 6.52. The average molecular weight is 252 g/mol. The van der Waals surface area contributed by atoms with Gasteiger partial charge in [0.15, 0.2) is 0 Å². The Bertz CT molecular complexity index is 347. The van der Waals surface area contributed by atoms with E-state index in [1.165, 1.54) is 0 Å². The van der Waals surface area contributed by atoms with Gasteiger partial charge in [0, 0.05) is 19.3 Å². The molecule has 0 saturated heterocycles. The SMILES string of the molecule is CCc1cc(CO)cc(N(CC)C(C)COC)n1. The standard InChI is InChI=1S/C14H24N2O2/c1-5-13-7-12(9-17)8-14(15-13)16(6-2)11(3)10-18-4/h7-8,11,17H,5-6,9-10H2,1-4H3. The van der Waals surface area contributed by atoms with Crippen LogP contribution in [0.15, 0.2) is 12.1 Å². The van der Waals surface area contributed by atoms with Gasteiger partial charge in [0.25, 0.3) is 0 Å². The molecule has 1 aromatic heterocycles. The quantitative estimate of drug-likeness (QED) is 0.806. The molecule has 0 spiro atoms. The first-order valence-electron chi connectivity index (χ1n) is 6.52. The molecule has 1 atom stereocenters. The first kappa shape index (κ1) is 14.9. The molecule has 18 heavy (non-hydrogen) atoms. The number of nitrogens with zero attached hydrogens (tertiary/aromatic N) is 2. The van der Waals surface area contributed by atoms with Crippen molar-refractivity contribution in [3.63, 3.8) is 0 Å². The van der Waals surface area contributed by atoms with E-state index in [2.05, 4.69) is 30.7 Å². The van der Waals surface area contributed by atoms with E-state index in [1.807, 2.05) is 12.1 Å². The Hall–Kier alpha value is -1.13. The van der Waals surface area contributed by atoms with E-state index in [0.717, 1.165) is 30.0 Å². The number of methoxy groups -OCH3 is 1. The molecular formula is C14H24N2O2. The van der Waals surface area contributed by atoms with Gasteiger partial charge in [0.05, 0.1) is 19.3 Å². The Kier molecular flexibility index (Phi) is 6.09. The summed E-state index contributed by atoms with van der Waals surface area (Å²) in [7, 11) is 1.71. The van der Waals surface area contributed by atoms with Crippen LogP contribution in [-0.2, 0) is 17.8 Å². The zero-order chi connectivity index (χ0) is 13.5. The van der Waals surface area contributed by atoms with Crippen molar-refractivity contribution >= 4 is 5.82 Å². The molecule has 0 aliphatic rings. The molecular weight excluding hydrogens is 228 g/mol. The van der Waals surface area contributed by atoms with Crippen molar-refractivity contribution in [1.82, 2.24) is 4.98 Å². The number of aliphatic hydroxyl groups excluding tert-OH is 1. The highest BCUT2D eigenvalue weighted by Crippen LogP contribution is 2.18. The number of hydrogen-bond acceptors (Lipinski definition) is 4. The monoisotopic (exact) mass is 252 g/mol. The molecule has 4 heteroatoms. The van der Waals surface area contributed by atoms with E-state index in [0.29, 0.717) is 6.61 Å². The summed E-state index contributed by atoms with van der Waals surface area (Å²) in [5, 5.41) is 9.31. The molecule has 1 heterocycles. The molecule has 1 N–H and O–H groups in total. The fraction of sp³-hybridized carbons (Fsp3) is 0.643. The summed E-state index contributed by atoms with van der Waals surface area (Å²) in [4.78, 5) is 6.83. The molecule has 0 saturated carbocycles. The van der Waals surface area contributed by atoms with E-state index in [9.17, 15) is 5.11 Å². The van der Waals surface area contributed by atoms with Crippen molar-refractivity contribution in [2.45, 2.75) is 39.8 Å². The molecule has 0 aromatic carbocycles. The summed E-state index contributed by atoms with van der Waals surface area (Å²) in [6, 6.07) is 4.18. The van der Waals surface area contributed by atoms with Crippen LogP contribution in [0.25, 0.3) is 0 Å². The van der Waals surface area contributed by atoms with Crippen LogP contribution in [0.2, 0.25) is 0 Å². The van der Waals surface area contributed by atoms with Gasteiger partial charge in [-0.1, -0.05) is 6.92 Å². The van der Waals surface area contributed by atoms with Crippen molar-refractivity contribution in [3.8, 4) is 0 Å². The summed E-state index contributed by atoms with van der Waals surface area (Å²) in [5.41, 5.74) is 1.93. The van der Waals surface area contributed by atoms with Crippen LogP contribution < -0.4 is 4.90 Å². The molecule has 0 radical (unpaired) electrons. The van der Waals surface area contributed by atoms with Gasteiger partial charge in [-0.05, 0) is 38.0 Å². The van der Waals surface area contributed by atoms with Gasteiger partial charge in [-0.25, -0.2) is 4.98 Å². The van der Waals surface area contributed by atoms with Crippen molar-refractivity contribution < 1.29 is 9.84 Å². The van der Waals surface area contributed by atoms with E-state index in [1.54, 1.807) is 7.11 Å². The Morgan fingerprint density at radius 3 is 2.61 bits per heavy atom. The topological polar surface area (TPSA) is 45.6 Å². The van der Waals surface area contributed by atoms with Crippen LogP contribution in [0.5, 0.6) is 0 Å². The van der Waals surface area contributed by atoms with Crippen molar-refractivity contribution in [2.75, 3.05) is 25.2 Å². The fourth-order valence-corrected chi connectivity index (χ4v) is 2.08. The maximum Gasteiger partial charge on any atom is 0.129 e. The highest BCUT2D eigenvalue weighted by Gasteiger charge is 2.15. The first-order chi connectivity index (χ1) is 8.65. The molecule has 4 nitrogen and oxygen atoms in total. The molecule has 0 aliphatic carbocycles. The van der Waals surface area contributed by atoms with Crippen molar-refractivity contribution in [3.05, 3.63) is 23.4 Å². The maximum absolute atomic E-state index is 9.31. The average Bonchev–Trinajstić information content (AvgIpc) is 2.39. The molecule has 0 fully saturated rings. The number of rotatable bonds is 7. The zero-order valence-electron chi connectivity index (χ0n) is 11.8. The van der Waals surface area contributed by atoms with Gasteiger partial charge in [-0.15, -0.1) is 0 Å². The number of hydrogen-bond donors (Lipinski definition) is 1. The maximum atomic E-state index is 9.31. The highest BCUT2D eigenvalue weighted by atomic mass is 16.5. The van der Waals surface area contributed by atoms with Crippen molar-refractivity contribution in [1.29, 1.82) is 0 Å². The summed E-state index contributed by atoms with van der Waals surface area (Å²) in [6.45, 7) is 7.88. The second-order valence-electron chi connectivity index (χ2n) is 4.43. The van der Waals surface area contributed by atoms with Crippen molar-refractivity contribution in [2.24, 2.45) is 0 Å². The van der Waals surface area contributed by atoms with Crippen LogP contribution in [0.1, 0.15) is 32.0 Å². The fourth-order valence-electron chi connectivity index (χ4n) is 2.08. The summed E-state index contributed by atoms with van der Waals surface area (Å²) >= 11 is 0. The van der Waals surface area contributed by atoms with E-state index < -0.39 is 0 Å². The molecule has 0 bridgehead atoms. The van der Waals surface area contributed by atoms with E-state index >= 15 is 0 Å². The van der Waals surface area contributed by atoms with Crippen LogP contribution in [0.4, 0.5) is 5.82 Å². The molecule has 1 unspecified atom stereocenters. The summed E-state index contributed by atoms with van der Waals surface area (Å²) in [6.07, 6.45) is 0.872. The van der Waals surface area contributed by atoms with E-state index in [4.69, 9.17) is 4.74 Å². The molecule has 0 aliphatic heterocycles. The minimum absolute atomic E-state index is 0.0543. The van der Waals surface area contributed by atoms with Gasteiger partial charge < -0.3 is 14.7 Å². The Morgan fingerprint density at radius 1 is 1.39 bits per heavy atom. The summed E-state index contributed by atoms with van der Waals surface area (Å²) in [5.74, 6) is 0.922. The largest absolute Gasteiger partial charge is 0.392 e. The second kappa shape index (κ2) is 7.34. The van der Waals surface area contributed by atoms with Crippen LogP contribution >= 0.6 is 0 Å². The number of pyridine rings is 1. The minimum atomic E-state index is 0.0543. The predicted molar refractivity (Wildman–Crippen MR) is 73.9 cm³/mol. The number of aliphatic hydroxyl groups is 1. The zero-order valence-corrected chi connectivity index (χ0v) is 11.8. The number of anilines is 1. The Morgan fingerprint density at radius 2 is 2.11 bits per heavy atom.